The van der Waals surface area contributed by atoms with E-state index in [9.17, 15) is 14.7 Å². The lowest BCUT2D eigenvalue weighted by Gasteiger charge is -2.28. The molecule has 3 rings (SSSR count). The van der Waals surface area contributed by atoms with Crippen LogP contribution in [0.4, 0.5) is 5.69 Å². The Morgan fingerprint density at radius 1 is 1.08 bits per heavy atom. The van der Waals surface area contributed by atoms with Crippen molar-refractivity contribution in [2.45, 2.75) is 25.1 Å². The number of aliphatic hydroxyl groups excluding tert-OH is 1. The molecule has 14 nitrogen and oxygen atoms in total. The van der Waals surface area contributed by atoms with Crippen molar-refractivity contribution in [3.8, 4) is 0 Å². The zero-order chi connectivity index (χ0) is 26.3. The largest absolute Gasteiger partial charge is 0.382 e. The Balaban J connectivity index is 1.34. The van der Waals surface area contributed by atoms with E-state index in [1.165, 1.54) is 4.68 Å². The predicted molar refractivity (Wildman–Crippen MR) is 134 cm³/mol. The molecule has 1 aromatic carbocycles. The van der Waals surface area contributed by atoms with Crippen molar-refractivity contribution in [3.63, 3.8) is 0 Å². The summed E-state index contributed by atoms with van der Waals surface area (Å²) in [6.45, 7) is 4.17. The predicted octanol–water partition coefficient (Wildman–Crippen LogP) is 0.955. The number of benzene rings is 1. The van der Waals surface area contributed by atoms with E-state index in [1.807, 2.05) is 12.1 Å². The van der Waals surface area contributed by atoms with Crippen molar-refractivity contribution < 1.29 is 28.8 Å². The fraction of sp³-hybridized carbons (Fsp3) is 0.609. The zero-order valence-electron chi connectivity index (χ0n) is 20.6. The van der Waals surface area contributed by atoms with Crippen LogP contribution in [0.5, 0.6) is 0 Å². The number of aromatic nitrogens is 2. The van der Waals surface area contributed by atoms with E-state index in [4.69, 9.17) is 24.5 Å². The van der Waals surface area contributed by atoms with Gasteiger partial charge in [-0.05, 0) is 18.0 Å². The zero-order valence-corrected chi connectivity index (χ0v) is 20.6. The molecule has 202 valence electrons. The first-order chi connectivity index (χ1) is 18.1. The minimum absolute atomic E-state index is 0.220. The van der Waals surface area contributed by atoms with Crippen LogP contribution in [-0.2, 0) is 23.7 Å². The van der Waals surface area contributed by atoms with Crippen LogP contribution in [0.3, 0.4) is 0 Å². The highest BCUT2D eigenvalue weighted by Crippen LogP contribution is 2.23. The van der Waals surface area contributed by atoms with Crippen LogP contribution >= 0.6 is 0 Å². The third-order valence-corrected chi connectivity index (χ3v) is 5.57. The number of amides is 1. The second-order valence-electron chi connectivity index (χ2n) is 8.11. The number of azide groups is 1. The molecule has 1 amide bonds. The molecule has 1 aliphatic heterocycles. The van der Waals surface area contributed by atoms with Crippen LogP contribution in [0.25, 0.3) is 21.2 Å². The van der Waals surface area contributed by atoms with Gasteiger partial charge in [-0.25, -0.2) is 4.68 Å². The Hall–Kier alpha value is -3.26. The number of carbonyl (C=O) groups excluding carboxylic acids is 1. The van der Waals surface area contributed by atoms with Gasteiger partial charge in [-0.2, -0.15) is 5.10 Å². The molecule has 2 heterocycles. The summed E-state index contributed by atoms with van der Waals surface area (Å²) in [5, 5.41) is 24.6. The lowest BCUT2D eigenvalue weighted by atomic mass is 10.0. The average molecular weight is 520 g/mol. The van der Waals surface area contributed by atoms with Crippen molar-refractivity contribution in [1.82, 2.24) is 15.1 Å². The minimum Gasteiger partial charge on any atom is -0.382 e. The van der Waals surface area contributed by atoms with Crippen LogP contribution in [0.2, 0.25) is 0 Å². The first-order valence-electron chi connectivity index (χ1n) is 12.2. The average Bonchev–Trinajstić information content (AvgIpc) is 2.89. The third kappa shape index (κ3) is 8.97. The molecular weight excluding hydrogens is 486 g/mol. The van der Waals surface area contributed by atoms with Gasteiger partial charge in [-0.15, -0.1) is 0 Å². The molecule has 14 heteroatoms. The summed E-state index contributed by atoms with van der Waals surface area (Å²) in [6, 6.07) is 4.81. The van der Waals surface area contributed by atoms with Crippen molar-refractivity contribution in [2.24, 2.45) is 5.11 Å². The van der Waals surface area contributed by atoms with E-state index >= 15 is 0 Å². The van der Waals surface area contributed by atoms with Gasteiger partial charge in [0, 0.05) is 35.5 Å². The van der Waals surface area contributed by atoms with Gasteiger partial charge in [0.1, 0.15) is 12.3 Å². The quantitative estimate of drug-likeness (QED) is 0.119. The van der Waals surface area contributed by atoms with E-state index < -0.39 is 12.3 Å². The second kappa shape index (κ2) is 15.8. The first kappa shape index (κ1) is 28.3. The van der Waals surface area contributed by atoms with Gasteiger partial charge < -0.3 is 34.7 Å². The van der Waals surface area contributed by atoms with E-state index in [2.05, 4.69) is 25.8 Å². The van der Waals surface area contributed by atoms with Crippen molar-refractivity contribution in [3.05, 3.63) is 45.2 Å². The number of anilines is 1. The summed E-state index contributed by atoms with van der Waals surface area (Å²) >= 11 is 0. The van der Waals surface area contributed by atoms with Gasteiger partial charge in [-0.3, -0.25) is 9.59 Å². The van der Waals surface area contributed by atoms with Crippen molar-refractivity contribution >= 4 is 22.4 Å². The number of piperidine rings is 1. The maximum Gasteiger partial charge on any atom is 0.277 e. The van der Waals surface area contributed by atoms with Crippen LogP contribution in [0, 0.1) is 0 Å². The number of carbonyl (C=O) groups is 1. The Morgan fingerprint density at radius 3 is 2.43 bits per heavy atom. The van der Waals surface area contributed by atoms with Gasteiger partial charge in [0.25, 0.3) is 5.56 Å². The van der Waals surface area contributed by atoms with Crippen LogP contribution in [0.15, 0.2) is 34.3 Å². The molecular formula is C23H33N7O7. The molecule has 0 bridgehead atoms. The monoisotopic (exact) mass is 519 g/mol. The van der Waals surface area contributed by atoms with Gasteiger partial charge in [0.05, 0.1) is 64.4 Å². The summed E-state index contributed by atoms with van der Waals surface area (Å²) < 4.78 is 22.9. The number of fused-ring (bicyclic) bond motifs is 1. The lowest BCUT2D eigenvalue weighted by molar-refractivity contribution is -0.128. The summed E-state index contributed by atoms with van der Waals surface area (Å²) in [4.78, 5) is 27.3. The molecule has 1 saturated heterocycles. The molecule has 1 aromatic heterocycles. The molecule has 37 heavy (non-hydrogen) atoms. The number of aliphatic hydroxyl groups is 1. The van der Waals surface area contributed by atoms with Crippen LogP contribution in [-0.4, -0.2) is 93.0 Å². The number of rotatable bonds is 17. The second-order valence-corrected chi connectivity index (χ2v) is 8.11. The fourth-order valence-electron chi connectivity index (χ4n) is 3.79. The summed E-state index contributed by atoms with van der Waals surface area (Å²) in [7, 11) is 0. The Labute approximate surface area is 213 Å². The Bertz CT molecular complexity index is 1110. The van der Waals surface area contributed by atoms with E-state index in [-0.39, 0.29) is 17.9 Å². The van der Waals surface area contributed by atoms with E-state index in [0.717, 1.165) is 0 Å². The van der Waals surface area contributed by atoms with Crippen LogP contribution < -0.4 is 16.2 Å². The molecule has 2 aromatic rings. The molecule has 2 unspecified atom stereocenters. The minimum atomic E-state index is -1.17. The van der Waals surface area contributed by atoms with E-state index in [0.29, 0.717) is 88.8 Å². The maximum atomic E-state index is 13.2. The first-order valence-corrected chi connectivity index (χ1v) is 12.2. The van der Waals surface area contributed by atoms with Crippen molar-refractivity contribution in [1.29, 1.82) is 0 Å². The van der Waals surface area contributed by atoms with Gasteiger partial charge in [-0.1, -0.05) is 17.2 Å². The smallest absolute Gasteiger partial charge is 0.277 e. The number of nitrogens with zero attached hydrogens (tertiary/aromatic N) is 5. The summed E-state index contributed by atoms with van der Waals surface area (Å²) in [6.07, 6.45) is 0.971. The summed E-state index contributed by atoms with van der Waals surface area (Å²) in [5.41, 5.74) is 8.45. The molecule has 0 radical (unpaired) electrons. The van der Waals surface area contributed by atoms with Gasteiger partial charge >= 0.3 is 0 Å². The molecule has 1 fully saturated rings. The van der Waals surface area contributed by atoms with Gasteiger partial charge in [0.2, 0.25) is 5.91 Å². The standard InChI is InChI=1S/C23H33N7O7/c24-29-26-7-9-35-11-13-37-15-14-36-12-10-34-8-6-25-18-3-1-2-17-16-27-30(23(33)21(17)18)19-4-5-20(31)28-22(19)32/h1-3,16,19,22,25,32H,4-15H2,(H,28,31). The highest BCUT2D eigenvalue weighted by atomic mass is 16.6. The lowest BCUT2D eigenvalue weighted by Crippen LogP contribution is -2.48. The van der Waals surface area contributed by atoms with Crippen LogP contribution in [0.1, 0.15) is 18.9 Å². The molecule has 0 saturated carbocycles. The maximum absolute atomic E-state index is 13.2. The Kier molecular flexibility index (Phi) is 12.1. The number of ether oxygens (including phenoxy) is 4. The molecule has 3 N–H and O–H groups in total. The molecule has 1 aliphatic rings. The van der Waals surface area contributed by atoms with Gasteiger partial charge in [0.15, 0.2) is 0 Å². The summed E-state index contributed by atoms with van der Waals surface area (Å²) in [5.74, 6) is -0.250. The third-order valence-electron chi connectivity index (χ3n) is 5.57. The topological polar surface area (TPSA) is 182 Å². The normalized spacial score (nSPS) is 17.4. The number of nitrogens with one attached hydrogen (secondary N) is 2. The molecule has 2 atom stereocenters. The molecule has 0 aliphatic carbocycles. The fourth-order valence-corrected chi connectivity index (χ4v) is 3.79. The highest BCUT2D eigenvalue weighted by Gasteiger charge is 2.30. The van der Waals surface area contributed by atoms with Crippen molar-refractivity contribution in [2.75, 3.05) is 71.3 Å². The highest BCUT2D eigenvalue weighted by molar-refractivity contribution is 5.92. The molecule has 0 spiro atoms. The number of hydrogen-bond acceptors (Lipinski definition) is 10. The Morgan fingerprint density at radius 2 is 1.76 bits per heavy atom. The van der Waals surface area contributed by atoms with E-state index in [1.54, 1.807) is 12.3 Å². The number of hydrogen-bond donors (Lipinski definition) is 3. The SMILES string of the molecule is [N-]=[N+]=NCCOCCOCCOCCOCCNc1cccc2cnn(C3CCC(=O)NC3O)c(=O)c12.